The largest absolute Gasteiger partial charge is 0.341 e. The molecule has 1 amide bonds. The van der Waals surface area contributed by atoms with Crippen LogP contribution in [0.15, 0.2) is 34.9 Å². The Morgan fingerprint density at radius 3 is 2.43 bits per heavy atom. The van der Waals surface area contributed by atoms with Crippen molar-refractivity contribution in [3.8, 4) is 0 Å². The molecule has 0 unspecified atom stereocenters. The molecule has 0 aliphatic carbocycles. The van der Waals surface area contributed by atoms with E-state index in [9.17, 15) is 13.6 Å². The molecule has 0 aliphatic heterocycles. The zero-order valence-corrected chi connectivity index (χ0v) is 17.8. The molecule has 1 aromatic carbocycles. The van der Waals surface area contributed by atoms with Crippen LogP contribution in [0.4, 0.5) is 14.6 Å². The second-order valence-electron chi connectivity index (χ2n) is 8.19. The fourth-order valence-electron chi connectivity index (χ4n) is 3.08. The van der Waals surface area contributed by atoms with E-state index in [0.717, 1.165) is 21.6 Å². The van der Waals surface area contributed by atoms with Gasteiger partial charge in [-0.1, -0.05) is 20.8 Å². The van der Waals surface area contributed by atoms with Crippen molar-refractivity contribution in [3.05, 3.63) is 57.7 Å². The average Bonchev–Trinajstić information content (AvgIpc) is 2.80. The molecule has 2 aromatic heterocycles. The van der Waals surface area contributed by atoms with Gasteiger partial charge in [-0.15, -0.1) is 0 Å². The van der Waals surface area contributed by atoms with Crippen LogP contribution in [0.25, 0.3) is 11.0 Å². The number of nitrogens with one attached hydrogen (secondary N) is 1. The van der Waals surface area contributed by atoms with E-state index in [1.807, 2.05) is 44.5 Å². The molecular weight excluding hydrogens is 428 g/mol. The highest BCUT2D eigenvalue weighted by molar-refractivity contribution is 9.10. The monoisotopic (exact) mass is 449 g/mol. The van der Waals surface area contributed by atoms with Gasteiger partial charge in [-0.25, -0.2) is 13.8 Å². The number of fused-ring (bicyclic) bond motifs is 1. The molecule has 0 atom stereocenters. The Hall–Kier alpha value is -2.28. The third kappa shape index (κ3) is 4.76. The molecular formula is C21H22BrF2N3O. The molecule has 1 N–H and O–H groups in total. The molecule has 0 fully saturated rings. The van der Waals surface area contributed by atoms with Crippen molar-refractivity contribution < 1.29 is 13.6 Å². The predicted molar refractivity (Wildman–Crippen MR) is 110 cm³/mol. The first-order valence-electron chi connectivity index (χ1n) is 8.93. The minimum Gasteiger partial charge on any atom is -0.341 e. The topological polar surface area (TPSA) is 46.9 Å². The fourth-order valence-corrected chi connectivity index (χ4v) is 3.61. The molecule has 0 aliphatic rings. The Morgan fingerprint density at radius 2 is 1.82 bits per heavy atom. The number of hydrogen-bond donors (Lipinski definition) is 1. The van der Waals surface area contributed by atoms with Gasteiger partial charge in [0.2, 0.25) is 5.91 Å². The summed E-state index contributed by atoms with van der Waals surface area (Å²) in [5, 5.41) is 2.88. The lowest BCUT2D eigenvalue weighted by Crippen LogP contribution is -2.20. The van der Waals surface area contributed by atoms with Gasteiger partial charge >= 0.3 is 0 Å². The summed E-state index contributed by atoms with van der Waals surface area (Å²) in [6.45, 7) is 8.17. The number of carbonyl (C=O) groups is 1. The summed E-state index contributed by atoms with van der Waals surface area (Å²) in [5.41, 5.74) is 2.69. The van der Waals surface area contributed by atoms with Gasteiger partial charge in [0.05, 0.1) is 9.99 Å². The maximum absolute atomic E-state index is 13.5. The number of rotatable bonds is 4. The lowest BCUT2D eigenvalue weighted by molar-refractivity contribution is -0.117. The van der Waals surface area contributed by atoms with Crippen LogP contribution in [0.1, 0.15) is 38.3 Å². The van der Waals surface area contributed by atoms with Gasteiger partial charge in [0.25, 0.3) is 0 Å². The Balaban J connectivity index is 1.93. The van der Waals surface area contributed by atoms with Gasteiger partial charge in [-0.05, 0) is 57.6 Å². The van der Waals surface area contributed by atoms with Crippen LogP contribution in [0.3, 0.4) is 0 Å². The summed E-state index contributed by atoms with van der Waals surface area (Å²) in [6, 6.07) is 5.38. The molecule has 0 radical (unpaired) electrons. The number of amides is 1. The zero-order chi connectivity index (χ0) is 20.6. The van der Waals surface area contributed by atoms with E-state index in [2.05, 4.69) is 26.2 Å². The SMILES string of the molecule is Cc1cc2c(nc1NC(=O)CC(C)(C)C)c(Br)cn2Cc1cc(F)cc(F)c1. The smallest absolute Gasteiger partial charge is 0.226 e. The number of benzene rings is 1. The van der Waals surface area contributed by atoms with Gasteiger partial charge in [0.15, 0.2) is 0 Å². The van der Waals surface area contributed by atoms with Gasteiger partial charge in [0, 0.05) is 25.2 Å². The number of nitrogens with zero attached hydrogens (tertiary/aromatic N) is 2. The normalized spacial score (nSPS) is 11.8. The molecule has 2 heterocycles. The van der Waals surface area contributed by atoms with Gasteiger partial charge in [-0.2, -0.15) is 0 Å². The van der Waals surface area contributed by atoms with Crippen molar-refractivity contribution >= 4 is 38.7 Å². The van der Waals surface area contributed by atoms with E-state index < -0.39 is 11.6 Å². The molecule has 4 nitrogen and oxygen atoms in total. The van der Waals surface area contributed by atoms with Crippen LogP contribution >= 0.6 is 15.9 Å². The molecule has 3 rings (SSSR count). The third-order valence-corrected chi connectivity index (χ3v) is 4.80. The highest BCUT2D eigenvalue weighted by atomic mass is 79.9. The lowest BCUT2D eigenvalue weighted by Gasteiger charge is -2.17. The van der Waals surface area contributed by atoms with Crippen LogP contribution in [0.2, 0.25) is 0 Å². The first kappa shape index (κ1) is 20.5. The summed E-state index contributed by atoms with van der Waals surface area (Å²) in [7, 11) is 0. The number of aryl methyl sites for hydroxylation is 1. The first-order chi connectivity index (χ1) is 13.0. The van der Waals surface area contributed by atoms with Crippen LogP contribution < -0.4 is 5.32 Å². The second-order valence-corrected chi connectivity index (χ2v) is 9.04. The lowest BCUT2D eigenvalue weighted by atomic mass is 9.92. The van der Waals surface area contributed by atoms with Gasteiger partial charge in [-0.3, -0.25) is 4.79 Å². The molecule has 0 spiro atoms. The summed E-state index contributed by atoms with van der Waals surface area (Å²) < 4.78 is 29.6. The summed E-state index contributed by atoms with van der Waals surface area (Å²) in [6.07, 6.45) is 2.21. The van der Waals surface area contributed by atoms with Crippen LogP contribution in [0.5, 0.6) is 0 Å². The molecule has 0 saturated heterocycles. The minimum absolute atomic E-state index is 0.0896. The Morgan fingerprint density at radius 1 is 1.18 bits per heavy atom. The van der Waals surface area contributed by atoms with Crippen LogP contribution in [-0.2, 0) is 11.3 Å². The highest BCUT2D eigenvalue weighted by Crippen LogP contribution is 2.29. The van der Waals surface area contributed by atoms with Gasteiger partial charge < -0.3 is 9.88 Å². The molecule has 0 saturated carbocycles. The van der Waals surface area contributed by atoms with Crippen molar-refractivity contribution in [2.45, 2.75) is 40.7 Å². The summed E-state index contributed by atoms with van der Waals surface area (Å²) in [5.74, 6) is -0.794. The summed E-state index contributed by atoms with van der Waals surface area (Å²) in [4.78, 5) is 16.9. The van der Waals surface area contributed by atoms with E-state index in [-0.39, 0.29) is 11.3 Å². The van der Waals surface area contributed by atoms with Gasteiger partial charge in [0.1, 0.15) is 23.0 Å². The number of hydrogen-bond acceptors (Lipinski definition) is 2. The number of anilines is 1. The number of carbonyl (C=O) groups excluding carboxylic acids is 1. The molecule has 3 aromatic rings. The molecule has 7 heteroatoms. The average molecular weight is 450 g/mol. The Labute approximate surface area is 171 Å². The van der Waals surface area contributed by atoms with E-state index in [0.29, 0.717) is 29.9 Å². The zero-order valence-electron chi connectivity index (χ0n) is 16.2. The first-order valence-corrected chi connectivity index (χ1v) is 9.72. The van der Waals surface area contributed by atoms with E-state index in [1.54, 1.807) is 0 Å². The van der Waals surface area contributed by atoms with Crippen molar-refractivity contribution in [1.29, 1.82) is 0 Å². The maximum atomic E-state index is 13.5. The molecule has 28 heavy (non-hydrogen) atoms. The number of pyridine rings is 1. The van der Waals surface area contributed by atoms with Crippen molar-refractivity contribution in [2.75, 3.05) is 5.32 Å². The number of halogens is 3. The third-order valence-electron chi connectivity index (χ3n) is 4.22. The molecule has 0 bridgehead atoms. The van der Waals surface area contributed by atoms with E-state index in [4.69, 9.17) is 0 Å². The quantitative estimate of drug-likeness (QED) is 0.546. The minimum atomic E-state index is -0.608. The predicted octanol–water partition coefficient (Wildman–Crippen LogP) is 5.81. The van der Waals surface area contributed by atoms with Crippen molar-refractivity contribution in [3.63, 3.8) is 0 Å². The van der Waals surface area contributed by atoms with E-state index >= 15 is 0 Å². The van der Waals surface area contributed by atoms with Crippen molar-refractivity contribution in [2.24, 2.45) is 5.41 Å². The Kier molecular flexibility index (Phi) is 5.57. The van der Waals surface area contributed by atoms with Crippen LogP contribution in [-0.4, -0.2) is 15.5 Å². The van der Waals surface area contributed by atoms with E-state index in [1.165, 1.54) is 12.1 Å². The second kappa shape index (κ2) is 7.62. The highest BCUT2D eigenvalue weighted by Gasteiger charge is 2.18. The maximum Gasteiger partial charge on any atom is 0.226 e. The van der Waals surface area contributed by atoms with Crippen molar-refractivity contribution in [1.82, 2.24) is 9.55 Å². The fraction of sp³-hybridized carbons (Fsp3) is 0.333. The Bertz CT molecular complexity index is 1030. The summed E-state index contributed by atoms with van der Waals surface area (Å²) >= 11 is 3.49. The van der Waals surface area contributed by atoms with Crippen LogP contribution in [0, 0.1) is 24.0 Å². The number of aromatic nitrogens is 2. The standard InChI is InChI=1S/C21H22BrF2N3O/c1-12-5-17-19(26-20(12)25-18(28)9-21(2,3)4)16(22)11-27(17)10-13-6-14(23)8-15(24)7-13/h5-8,11H,9-10H2,1-4H3,(H,25,26,28). The molecule has 148 valence electrons.